The molecule has 1 aliphatic rings. The Morgan fingerprint density at radius 3 is 2.58 bits per heavy atom. The van der Waals surface area contributed by atoms with Gasteiger partial charge < -0.3 is 14.2 Å². The van der Waals surface area contributed by atoms with Crippen molar-refractivity contribution in [2.75, 3.05) is 20.3 Å². The summed E-state index contributed by atoms with van der Waals surface area (Å²) in [6.45, 7) is 2.68. The largest absolute Gasteiger partial charge is 0.486 e. The van der Waals surface area contributed by atoms with Crippen molar-refractivity contribution in [3.05, 3.63) is 53.6 Å². The highest BCUT2D eigenvalue weighted by molar-refractivity contribution is 7.89. The molecule has 0 amide bonds. The summed E-state index contributed by atoms with van der Waals surface area (Å²) in [7, 11) is -2.58. The summed E-state index contributed by atoms with van der Waals surface area (Å²) in [4.78, 5) is 11.6. The Balaban J connectivity index is 1.82. The van der Waals surface area contributed by atoms with Gasteiger partial charge >= 0.3 is 5.97 Å². The molecule has 0 bridgehead atoms. The summed E-state index contributed by atoms with van der Waals surface area (Å²) in [6.07, 6.45) is 0. The molecule has 1 atom stereocenters. The zero-order chi connectivity index (χ0) is 18.7. The van der Waals surface area contributed by atoms with Gasteiger partial charge in [0.05, 0.1) is 17.6 Å². The van der Waals surface area contributed by atoms with E-state index in [9.17, 15) is 13.2 Å². The van der Waals surface area contributed by atoms with Crippen LogP contribution in [-0.2, 0) is 14.8 Å². The number of carbonyl (C=O) groups is 1. The zero-order valence-electron chi connectivity index (χ0n) is 14.4. The van der Waals surface area contributed by atoms with Crippen LogP contribution < -0.4 is 14.2 Å². The number of hydrogen-bond acceptors (Lipinski definition) is 6. The highest BCUT2D eigenvalue weighted by Gasteiger charge is 2.21. The van der Waals surface area contributed by atoms with Crippen LogP contribution in [0.5, 0.6) is 11.5 Å². The molecule has 8 heteroatoms. The number of hydrogen-bond donors (Lipinski definition) is 1. The summed E-state index contributed by atoms with van der Waals surface area (Å²) in [5, 5.41) is 0. The maximum Gasteiger partial charge on any atom is 0.337 e. The minimum absolute atomic E-state index is 0.00945. The number of sulfonamides is 1. The van der Waals surface area contributed by atoms with Crippen molar-refractivity contribution < 1.29 is 27.4 Å². The molecule has 0 fully saturated rings. The van der Waals surface area contributed by atoms with Crippen molar-refractivity contribution >= 4 is 16.0 Å². The molecule has 1 aliphatic heterocycles. The zero-order valence-corrected chi connectivity index (χ0v) is 15.2. The molecule has 0 aromatic heterocycles. The van der Waals surface area contributed by atoms with Crippen LogP contribution in [0, 0.1) is 0 Å². The lowest BCUT2D eigenvalue weighted by Gasteiger charge is -2.21. The molecule has 0 spiro atoms. The maximum atomic E-state index is 12.6. The molecule has 138 valence electrons. The van der Waals surface area contributed by atoms with E-state index in [1.807, 2.05) is 0 Å². The highest BCUT2D eigenvalue weighted by Crippen LogP contribution is 2.33. The first kappa shape index (κ1) is 18.2. The molecule has 2 aromatic rings. The Kier molecular flexibility index (Phi) is 5.15. The van der Waals surface area contributed by atoms with E-state index in [0.29, 0.717) is 24.7 Å². The van der Waals surface area contributed by atoms with Crippen LogP contribution >= 0.6 is 0 Å². The van der Waals surface area contributed by atoms with Gasteiger partial charge in [0.1, 0.15) is 13.2 Å². The van der Waals surface area contributed by atoms with Gasteiger partial charge in [-0.25, -0.2) is 17.9 Å². The average Bonchev–Trinajstić information content (AvgIpc) is 2.66. The second kappa shape index (κ2) is 7.35. The average molecular weight is 377 g/mol. The fraction of sp³-hybridized carbons (Fsp3) is 0.278. The number of benzene rings is 2. The molecular weight excluding hydrogens is 358 g/mol. The smallest absolute Gasteiger partial charge is 0.337 e. The molecule has 2 aromatic carbocycles. The van der Waals surface area contributed by atoms with Crippen LogP contribution in [0.25, 0.3) is 0 Å². The van der Waals surface area contributed by atoms with E-state index in [1.165, 1.54) is 31.4 Å². The summed E-state index contributed by atoms with van der Waals surface area (Å²) < 4.78 is 43.5. The standard InChI is InChI=1S/C18H19NO6S/c1-12(13-6-7-16-17(11-13)25-9-8-24-16)19-26(21,22)15-5-3-4-14(10-15)18(20)23-2/h3-7,10-12,19H,8-9H2,1-2H3/t12-/m1/s1. The number of nitrogens with one attached hydrogen (secondary N) is 1. The summed E-state index contributed by atoms with van der Waals surface area (Å²) >= 11 is 0. The molecule has 0 unspecified atom stereocenters. The van der Waals surface area contributed by atoms with Gasteiger partial charge in [-0.2, -0.15) is 0 Å². The molecule has 1 N–H and O–H groups in total. The lowest BCUT2D eigenvalue weighted by atomic mass is 10.1. The Morgan fingerprint density at radius 1 is 1.12 bits per heavy atom. The number of esters is 1. The Labute approximate surface area is 151 Å². The van der Waals surface area contributed by atoms with Gasteiger partial charge in [-0.1, -0.05) is 12.1 Å². The van der Waals surface area contributed by atoms with E-state index in [4.69, 9.17) is 9.47 Å². The Morgan fingerprint density at radius 2 is 1.85 bits per heavy atom. The van der Waals surface area contributed by atoms with Crippen LogP contribution in [0.15, 0.2) is 47.4 Å². The summed E-state index contributed by atoms with van der Waals surface area (Å²) in [6, 6.07) is 10.5. The molecule has 0 saturated carbocycles. The second-order valence-corrected chi connectivity index (χ2v) is 7.48. The SMILES string of the molecule is COC(=O)c1cccc(S(=O)(=O)N[C@H](C)c2ccc3c(c2)OCCO3)c1. The number of fused-ring (bicyclic) bond motifs is 1. The fourth-order valence-electron chi connectivity index (χ4n) is 2.61. The van der Waals surface area contributed by atoms with Crippen molar-refractivity contribution in [2.45, 2.75) is 17.9 Å². The lowest BCUT2D eigenvalue weighted by Crippen LogP contribution is -2.27. The number of ether oxygens (including phenoxy) is 3. The van der Waals surface area contributed by atoms with Crippen molar-refractivity contribution in [3.63, 3.8) is 0 Å². The second-order valence-electron chi connectivity index (χ2n) is 5.77. The molecule has 26 heavy (non-hydrogen) atoms. The third-order valence-electron chi connectivity index (χ3n) is 3.96. The van der Waals surface area contributed by atoms with E-state index in [1.54, 1.807) is 25.1 Å². The summed E-state index contributed by atoms with van der Waals surface area (Å²) in [5.74, 6) is 0.634. The molecule has 0 aliphatic carbocycles. The van der Waals surface area contributed by atoms with E-state index < -0.39 is 22.0 Å². The lowest BCUT2D eigenvalue weighted by molar-refractivity contribution is 0.0600. The topological polar surface area (TPSA) is 90.9 Å². The fourth-order valence-corrected chi connectivity index (χ4v) is 3.88. The number of carbonyl (C=O) groups excluding carboxylic acids is 1. The van der Waals surface area contributed by atoms with Crippen molar-refractivity contribution in [2.24, 2.45) is 0 Å². The van der Waals surface area contributed by atoms with Crippen LogP contribution in [0.3, 0.4) is 0 Å². The van der Waals surface area contributed by atoms with Gasteiger partial charge in [0.25, 0.3) is 0 Å². The van der Waals surface area contributed by atoms with Crippen LogP contribution in [-0.4, -0.2) is 34.7 Å². The van der Waals surface area contributed by atoms with E-state index in [2.05, 4.69) is 9.46 Å². The van der Waals surface area contributed by atoms with Crippen molar-refractivity contribution in [3.8, 4) is 11.5 Å². The van der Waals surface area contributed by atoms with Crippen molar-refractivity contribution in [1.82, 2.24) is 4.72 Å². The normalized spacial score (nSPS) is 14.5. The first-order valence-electron chi connectivity index (χ1n) is 8.01. The quantitative estimate of drug-likeness (QED) is 0.804. The van der Waals surface area contributed by atoms with Gasteiger partial charge in [0, 0.05) is 6.04 Å². The van der Waals surface area contributed by atoms with Crippen molar-refractivity contribution in [1.29, 1.82) is 0 Å². The predicted octanol–water partition coefficient (Wildman–Crippen LogP) is 2.28. The third kappa shape index (κ3) is 3.81. The van der Waals surface area contributed by atoms with Crippen LogP contribution in [0.4, 0.5) is 0 Å². The first-order valence-corrected chi connectivity index (χ1v) is 9.49. The van der Waals surface area contributed by atoms with Gasteiger partial charge in [0.2, 0.25) is 10.0 Å². The maximum absolute atomic E-state index is 12.6. The predicted molar refractivity (Wildman–Crippen MR) is 94.0 cm³/mol. The van der Waals surface area contributed by atoms with Crippen LogP contribution in [0.2, 0.25) is 0 Å². The Hall–Kier alpha value is -2.58. The van der Waals surface area contributed by atoms with Gasteiger partial charge in [-0.05, 0) is 42.8 Å². The minimum atomic E-state index is -3.82. The van der Waals surface area contributed by atoms with E-state index >= 15 is 0 Å². The summed E-state index contributed by atoms with van der Waals surface area (Å²) in [5.41, 5.74) is 0.907. The Bertz CT molecular complexity index is 925. The molecule has 3 rings (SSSR count). The van der Waals surface area contributed by atoms with Crippen LogP contribution in [0.1, 0.15) is 28.9 Å². The van der Waals surface area contributed by atoms with Gasteiger partial charge in [0.15, 0.2) is 11.5 Å². The molecule has 7 nitrogen and oxygen atoms in total. The van der Waals surface area contributed by atoms with Gasteiger partial charge in [-0.3, -0.25) is 0 Å². The van der Waals surface area contributed by atoms with E-state index in [0.717, 1.165) is 5.56 Å². The van der Waals surface area contributed by atoms with E-state index in [-0.39, 0.29) is 10.5 Å². The molecule has 0 saturated heterocycles. The molecule has 1 heterocycles. The van der Waals surface area contributed by atoms with Gasteiger partial charge in [-0.15, -0.1) is 0 Å². The minimum Gasteiger partial charge on any atom is -0.486 e. The number of methoxy groups -OCH3 is 1. The molecular formula is C18H19NO6S. The monoisotopic (exact) mass is 377 g/mol. The third-order valence-corrected chi connectivity index (χ3v) is 5.50. The number of rotatable bonds is 5. The molecule has 0 radical (unpaired) electrons. The first-order chi connectivity index (χ1) is 12.4. The highest BCUT2D eigenvalue weighted by atomic mass is 32.2.